The van der Waals surface area contributed by atoms with Crippen LogP contribution in [0, 0.1) is 6.92 Å². The molecule has 180 valence electrons. The molecule has 0 N–H and O–H groups in total. The summed E-state index contributed by atoms with van der Waals surface area (Å²) in [6, 6.07) is 19.4. The van der Waals surface area contributed by atoms with Gasteiger partial charge in [-0.2, -0.15) is 18.3 Å². The zero-order valence-corrected chi connectivity index (χ0v) is 19.2. The van der Waals surface area contributed by atoms with Crippen molar-refractivity contribution in [2.45, 2.75) is 13.1 Å². The van der Waals surface area contributed by atoms with Gasteiger partial charge in [-0.05, 0) is 25.1 Å². The van der Waals surface area contributed by atoms with E-state index in [2.05, 4.69) is 15.0 Å². The molecule has 1 aliphatic rings. The van der Waals surface area contributed by atoms with Crippen molar-refractivity contribution in [3.63, 3.8) is 0 Å². The molecular formula is C26H24F3N5O. The highest BCUT2D eigenvalue weighted by Crippen LogP contribution is 2.32. The number of aryl methyl sites for hydroxylation is 1. The van der Waals surface area contributed by atoms with Crippen LogP contribution in [0.1, 0.15) is 21.7 Å². The largest absolute Gasteiger partial charge is 0.433 e. The minimum absolute atomic E-state index is 0.00681. The van der Waals surface area contributed by atoms with Crippen LogP contribution in [0.4, 0.5) is 18.9 Å². The molecule has 0 atom stereocenters. The maximum atomic E-state index is 13.9. The molecule has 3 heterocycles. The molecule has 0 bridgehead atoms. The van der Waals surface area contributed by atoms with Crippen LogP contribution < -0.4 is 4.90 Å². The smallest absolute Gasteiger partial charge is 0.369 e. The van der Waals surface area contributed by atoms with Gasteiger partial charge in [-0.25, -0.2) is 9.50 Å². The second kappa shape index (κ2) is 9.14. The number of carbonyl (C=O) groups is 1. The second-order valence-corrected chi connectivity index (χ2v) is 8.71. The van der Waals surface area contributed by atoms with Crippen molar-refractivity contribution in [3.8, 4) is 11.3 Å². The lowest BCUT2D eigenvalue weighted by Gasteiger charge is -2.35. The first-order chi connectivity index (χ1) is 16.8. The van der Waals surface area contributed by atoms with Crippen LogP contribution in [-0.2, 0) is 6.18 Å². The Balaban J connectivity index is 1.37. The second-order valence-electron chi connectivity index (χ2n) is 8.71. The van der Waals surface area contributed by atoms with E-state index in [4.69, 9.17) is 0 Å². The fourth-order valence-electron chi connectivity index (χ4n) is 4.27. The summed E-state index contributed by atoms with van der Waals surface area (Å²) in [6.07, 6.45) is -4.65. The summed E-state index contributed by atoms with van der Waals surface area (Å²) in [6.45, 7) is 4.89. The van der Waals surface area contributed by atoms with E-state index < -0.39 is 11.9 Å². The average molecular weight is 480 g/mol. The SMILES string of the molecule is Cc1ccc(-c2cc(C(F)(F)F)n3nc(C(=O)CN4CCN(c5ccccc5)CC4)cc3n2)cc1. The quantitative estimate of drug-likeness (QED) is 0.388. The lowest BCUT2D eigenvalue weighted by molar-refractivity contribution is -0.142. The Morgan fingerprint density at radius 3 is 2.29 bits per heavy atom. The van der Waals surface area contributed by atoms with Gasteiger partial charge in [0, 0.05) is 43.5 Å². The fourth-order valence-corrected chi connectivity index (χ4v) is 4.27. The summed E-state index contributed by atoms with van der Waals surface area (Å²) >= 11 is 0. The van der Waals surface area contributed by atoms with Gasteiger partial charge in [-0.3, -0.25) is 9.69 Å². The van der Waals surface area contributed by atoms with Gasteiger partial charge in [-0.1, -0.05) is 48.0 Å². The van der Waals surface area contributed by atoms with E-state index in [0.717, 1.165) is 34.9 Å². The summed E-state index contributed by atoms with van der Waals surface area (Å²) < 4.78 is 42.3. The van der Waals surface area contributed by atoms with Crippen molar-refractivity contribution in [1.29, 1.82) is 0 Å². The normalized spacial score (nSPS) is 15.0. The zero-order chi connectivity index (χ0) is 24.6. The summed E-state index contributed by atoms with van der Waals surface area (Å²) in [4.78, 5) is 21.6. The molecule has 6 nitrogen and oxygen atoms in total. The Hall–Kier alpha value is -3.72. The molecule has 35 heavy (non-hydrogen) atoms. The van der Waals surface area contributed by atoms with Crippen LogP contribution in [0.5, 0.6) is 0 Å². The number of fused-ring (bicyclic) bond motifs is 1. The number of ketones is 1. The maximum absolute atomic E-state index is 13.9. The van der Waals surface area contributed by atoms with E-state index in [9.17, 15) is 18.0 Å². The summed E-state index contributed by atoms with van der Waals surface area (Å²) in [5.74, 6) is -0.325. The fraction of sp³-hybridized carbons (Fsp3) is 0.269. The van der Waals surface area contributed by atoms with Crippen molar-refractivity contribution in [3.05, 3.63) is 83.7 Å². The molecule has 9 heteroatoms. The number of halogens is 3. The number of hydrogen-bond acceptors (Lipinski definition) is 5. The minimum Gasteiger partial charge on any atom is -0.369 e. The molecular weight excluding hydrogens is 455 g/mol. The third kappa shape index (κ3) is 4.90. The first kappa shape index (κ1) is 23.0. The molecule has 5 rings (SSSR count). The van der Waals surface area contributed by atoms with E-state index in [1.807, 2.05) is 54.3 Å². The molecule has 1 saturated heterocycles. The van der Waals surface area contributed by atoms with Crippen LogP contribution in [0.15, 0.2) is 66.7 Å². The van der Waals surface area contributed by atoms with Gasteiger partial charge in [0.25, 0.3) is 0 Å². The number of anilines is 1. The van der Waals surface area contributed by atoms with E-state index in [1.54, 1.807) is 12.1 Å². The van der Waals surface area contributed by atoms with Crippen LogP contribution >= 0.6 is 0 Å². The Labute approximate surface area is 200 Å². The molecule has 0 unspecified atom stereocenters. The Kier molecular flexibility index (Phi) is 6.02. The lowest BCUT2D eigenvalue weighted by atomic mass is 10.1. The number of alkyl halides is 3. The first-order valence-electron chi connectivity index (χ1n) is 11.4. The van der Waals surface area contributed by atoms with Gasteiger partial charge < -0.3 is 4.90 Å². The van der Waals surface area contributed by atoms with E-state index >= 15 is 0 Å². The van der Waals surface area contributed by atoms with Gasteiger partial charge >= 0.3 is 6.18 Å². The van der Waals surface area contributed by atoms with Crippen molar-refractivity contribution in [2.24, 2.45) is 0 Å². The number of piperazine rings is 1. The van der Waals surface area contributed by atoms with Gasteiger partial charge in [0.2, 0.25) is 0 Å². The number of para-hydroxylation sites is 1. The van der Waals surface area contributed by atoms with Gasteiger partial charge in [0.05, 0.1) is 12.2 Å². The number of aromatic nitrogens is 3. The molecule has 2 aromatic heterocycles. The number of Topliss-reactive ketones (excluding diaryl/α,β-unsaturated/α-hetero) is 1. The average Bonchev–Trinajstić information content (AvgIpc) is 3.29. The molecule has 1 aliphatic heterocycles. The van der Waals surface area contributed by atoms with Gasteiger partial charge in [0.1, 0.15) is 5.69 Å². The van der Waals surface area contributed by atoms with Crippen LogP contribution in [0.25, 0.3) is 16.9 Å². The topological polar surface area (TPSA) is 53.7 Å². The van der Waals surface area contributed by atoms with Crippen LogP contribution in [0.2, 0.25) is 0 Å². The molecule has 2 aromatic carbocycles. The number of rotatable bonds is 5. The molecule has 4 aromatic rings. The highest BCUT2D eigenvalue weighted by Gasteiger charge is 2.35. The number of nitrogens with zero attached hydrogens (tertiary/aromatic N) is 5. The van der Waals surface area contributed by atoms with Crippen LogP contribution in [-0.4, -0.2) is 58.0 Å². The lowest BCUT2D eigenvalue weighted by Crippen LogP contribution is -2.48. The molecule has 0 radical (unpaired) electrons. The highest BCUT2D eigenvalue weighted by molar-refractivity contribution is 5.96. The van der Waals surface area contributed by atoms with E-state index in [1.165, 1.54) is 6.07 Å². The van der Waals surface area contributed by atoms with Crippen molar-refractivity contribution >= 4 is 17.1 Å². The van der Waals surface area contributed by atoms with E-state index in [0.29, 0.717) is 18.7 Å². The third-order valence-corrected chi connectivity index (χ3v) is 6.21. The first-order valence-corrected chi connectivity index (χ1v) is 11.4. The number of hydrogen-bond donors (Lipinski definition) is 0. The third-order valence-electron chi connectivity index (χ3n) is 6.21. The summed E-state index contributed by atoms with van der Waals surface area (Å²) in [5, 5.41) is 4.00. The zero-order valence-electron chi connectivity index (χ0n) is 19.2. The van der Waals surface area contributed by atoms with E-state index in [-0.39, 0.29) is 29.4 Å². The Bertz CT molecular complexity index is 1340. The number of carbonyl (C=O) groups excluding carboxylic acids is 1. The minimum atomic E-state index is -4.65. The molecule has 0 spiro atoms. The number of benzene rings is 2. The molecule has 0 aliphatic carbocycles. The standard InChI is InChI=1S/C26H24F3N5O/c1-18-7-9-19(10-8-18)21-15-24(26(27,28)29)34-25(30-21)16-22(31-34)23(35)17-32-11-13-33(14-12-32)20-5-3-2-4-6-20/h2-10,15-16H,11-14,17H2,1H3. The maximum Gasteiger partial charge on any atom is 0.433 e. The molecule has 1 fully saturated rings. The Morgan fingerprint density at radius 1 is 0.943 bits per heavy atom. The van der Waals surface area contributed by atoms with Crippen LogP contribution in [0.3, 0.4) is 0 Å². The molecule has 0 amide bonds. The summed E-state index contributed by atoms with van der Waals surface area (Å²) in [5.41, 5.74) is 1.88. The van der Waals surface area contributed by atoms with Crippen molar-refractivity contribution in [1.82, 2.24) is 19.5 Å². The van der Waals surface area contributed by atoms with Gasteiger partial charge in [-0.15, -0.1) is 0 Å². The predicted octanol–water partition coefficient (Wildman–Crippen LogP) is 4.73. The van der Waals surface area contributed by atoms with Crippen molar-refractivity contribution in [2.75, 3.05) is 37.6 Å². The monoisotopic (exact) mass is 479 g/mol. The predicted molar refractivity (Wildman–Crippen MR) is 128 cm³/mol. The van der Waals surface area contributed by atoms with Gasteiger partial charge in [0.15, 0.2) is 17.1 Å². The van der Waals surface area contributed by atoms with Crippen molar-refractivity contribution < 1.29 is 18.0 Å². The molecule has 0 saturated carbocycles. The summed E-state index contributed by atoms with van der Waals surface area (Å²) in [7, 11) is 0. The Morgan fingerprint density at radius 2 is 1.63 bits per heavy atom. The highest BCUT2D eigenvalue weighted by atomic mass is 19.4.